The number of fused-ring (bicyclic) bond motifs is 2. The summed E-state index contributed by atoms with van der Waals surface area (Å²) in [5, 5.41) is 11.8. The lowest BCUT2D eigenvalue weighted by atomic mass is 9.82. The van der Waals surface area contributed by atoms with Crippen molar-refractivity contribution in [1.82, 2.24) is 4.90 Å². The number of nitro benzene ring substituents is 1. The highest BCUT2D eigenvalue weighted by Crippen LogP contribution is 2.49. The van der Waals surface area contributed by atoms with E-state index in [0.717, 1.165) is 38.8 Å². The lowest BCUT2D eigenvalue weighted by Crippen LogP contribution is -2.56. The van der Waals surface area contributed by atoms with E-state index in [-0.39, 0.29) is 5.69 Å². The predicted octanol–water partition coefficient (Wildman–Crippen LogP) is 4.64. The first-order chi connectivity index (χ1) is 11.0. The van der Waals surface area contributed by atoms with Gasteiger partial charge in [0.2, 0.25) is 5.75 Å². The second-order valence-electron chi connectivity index (χ2n) is 6.04. The van der Waals surface area contributed by atoms with Crippen LogP contribution in [0.3, 0.4) is 0 Å². The van der Waals surface area contributed by atoms with Crippen molar-refractivity contribution in [1.29, 1.82) is 0 Å². The number of nitrogens with zero attached hydrogens (tertiary/aromatic N) is 2. The Morgan fingerprint density at radius 2 is 2.09 bits per heavy atom. The molecule has 0 amide bonds. The van der Waals surface area contributed by atoms with Gasteiger partial charge in [-0.3, -0.25) is 15.0 Å². The lowest BCUT2D eigenvalue weighted by molar-refractivity contribution is -0.386. The Bertz CT molecular complexity index is 670. The van der Waals surface area contributed by atoms with Gasteiger partial charge in [-0.1, -0.05) is 25.4 Å². The maximum absolute atomic E-state index is 11.4. The van der Waals surface area contributed by atoms with Crippen LogP contribution >= 0.6 is 11.6 Å². The molecule has 124 valence electrons. The first-order valence-corrected chi connectivity index (χ1v) is 8.52. The van der Waals surface area contributed by atoms with E-state index in [2.05, 4.69) is 24.8 Å². The average Bonchev–Trinajstić information content (AvgIpc) is 2.53. The molecular formula is C17H21ClN2O3. The smallest absolute Gasteiger partial charge is 0.313 e. The zero-order chi connectivity index (χ0) is 16.6. The van der Waals surface area contributed by atoms with Crippen LogP contribution < -0.4 is 4.74 Å². The summed E-state index contributed by atoms with van der Waals surface area (Å²) in [6, 6.07) is 3.12. The number of nitro groups is 1. The van der Waals surface area contributed by atoms with Gasteiger partial charge in [0.05, 0.1) is 4.92 Å². The zero-order valence-corrected chi connectivity index (χ0v) is 14.2. The molecule has 0 bridgehead atoms. The highest BCUT2D eigenvalue weighted by Gasteiger charge is 2.46. The van der Waals surface area contributed by atoms with E-state index in [0.29, 0.717) is 16.3 Å². The second kappa shape index (κ2) is 6.13. The summed E-state index contributed by atoms with van der Waals surface area (Å²) in [6.45, 7) is 5.87. The van der Waals surface area contributed by atoms with Crippen molar-refractivity contribution < 1.29 is 9.66 Å². The SMILES string of the molecule is CCN(CC)C12CCCCC1=Cc1cc(Cl)cc([N+](=O)[O-])c1O2. The summed E-state index contributed by atoms with van der Waals surface area (Å²) in [7, 11) is 0. The van der Waals surface area contributed by atoms with Gasteiger partial charge >= 0.3 is 5.69 Å². The first-order valence-electron chi connectivity index (χ1n) is 8.15. The third-order valence-electron chi connectivity index (χ3n) is 4.85. The maximum Gasteiger partial charge on any atom is 0.313 e. The molecule has 1 saturated carbocycles. The maximum atomic E-state index is 11.4. The van der Waals surface area contributed by atoms with Crippen LogP contribution in [0.2, 0.25) is 5.02 Å². The van der Waals surface area contributed by atoms with Crippen LogP contribution in [0.15, 0.2) is 17.7 Å². The summed E-state index contributed by atoms with van der Waals surface area (Å²) in [5.41, 5.74) is 1.31. The van der Waals surface area contributed by atoms with Crippen LogP contribution in [-0.4, -0.2) is 28.6 Å². The van der Waals surface area contributed by atoms with Crippen LogP contribution in [0, 0.1) is 10.1 Å². The van der Waals surface area contributed by atoms with Crippen LogP contribution in [0.25, 0.3) is 6.08 Å². The van der Waals surface area contributed by atoms with Crippen molar-refractivity contribution in [3.8, 4) is 5.75 Å². The molecule has 1 heterocycles. The van der Waals surface area contributed by atoms with Gasteiger partial charge in [0.1, 0.15) is 0 Å². The highest BCUT2D eigenvalue weighted by atomic mass is 35.5. The molecule has 3 rings (SSSR count). The lowest BCUT2D eigenvalue weighted by Gasteiger charge is -2.48. The molecule has 23 heavy (non-hydrogen) atoms. The molecule has 1 aliphatic carbocycles. The highest BCUT2D eigenvalue weighted by molar-refractivity contribution is 6.31. The third-order valence-corrected chi connectivity index (χ3v) is 5.07. The Labute approximate surface area is 141 Å². The summed E-state index contributed by atoms with van der Waals surface area (Å²) < 4.78 is 6.37. The molecule has 0 spiro atoms. The van der Waals surface area contributed by atoms with Gasteiger partial charge in [-0.15, -0.1) is 0 Å². The van der Waals surface area contributed by atoms with Crippen LogP contribution in [0.4, 0.5) is 5.69 Å². The largest absolute Gasteiger partial charge is 0.461 e. The van der Waals surface area contributed by atoms with Gasteiger partial charge < -0.3 is 4.74 Å². The molecule has 1 aromatic rings. The van der Waals surface area contributed by atoms with Crippen LogP contribution in [0.1, 0.15) is 45.1 Å². The number of halogens is 1. The third kappa shape index (κ3) is 2.62. The quantitative estimate of drug-likeness (QED) is 0.594. The summed E-state index contributed by atoms with van der Waals surface area (Å²) in [4.78, 5) is 13.3. The average molecular weight is 337 g/mol. The predicted molar refractivity (Wildman–Crippen MR) is 90.8 cm³/mol. The molecule has 1 unspecified atom stereocenters. The fourth-order valence-corrected chi connectivity index (χ4v) is 4.03. The summed E-state index contributed by atoms with van der Waals surface area (Å²) in [6.07, 6.45) is 6.05. The Morgan fingerprint density at radius 3 is 2.74 bits per heavy atom. The molecule has 0 N–H and O–H groups in total. The molecule has 0 aromatic heterocycles. The number of hydrogen-bond acceptors (Lipinski definition) is 4. The van der Waals surface area contributed by atoms with Gasteiger partial charge in [0.25, 0.3) is 0 Å². The number of ether oxygens (including phenoxy) is 1. The van der Waals surface area contributed by atoms with E-state index in [1.54, 1.807) is 6.07 Å². The minimum absolute atomic E-state index is 0.0556. The fourth-order valence-electron chi connectivity index (χ4n) is 3.81. The van der Waals surface area contributed by atoms with Gasteiger partial charge in [-0.25, -0.2) is 0 Å². The van der Waals surface area contributed by atoms with E-state index >= 15 is 0 Å². The molecule has 0 radical (unpaired) electrons. The summed E-state index contributed by atoms with van der Waals surface area (Å²) >= 11 is 6.05. The van der Waals surface area contributed by atoms with E-state index in [1.807, 2.05) is 0 Å². The van der Waals surface area contributed by atoms with Crippen LogP contribution in [-0.2, 0) is 0 Å². The molecule has 6 heteroatoms. The molecule has 1 fully saturated rings. The standard InChI is InChI=1S/C17H21ClN2O3/c1-3-19(4-2)17-8-6-5-7-13(17)9-12-10-14(18)11-15(20(21)22)16(12)23-17/h9-11H,3-8H2,1-2H3. The minimum atomic E-state index is -0.548. The fraction of sp³-hybridized carbons (Fsp3) is 0.529. The first kappa shape index (κ1) is 16.3. The van der Waals surface area contributed by atoms with Gasteiger partial charge in [-0.2, -0.15) is 0 Å². The normalized spacial score (nSPS) is 22.9. The van der Waals surface area contributed by atoms with Crippen LogP contribution in [0.5, 0.6) is 5.75 Å². The number of benzene rings is 1. The van der Waals surface area contributed by atoms with Gasteiger partial charge in [-0.05, 0) is 50.1 Å². The van der Waals surface area contributed by atoms with E-state index in [4.69, 9.17) is 16.3 Å². The van der Waals surface area contributed by atoms with Crippen molar-refractivity contribution in [2.75, 3.05) is 13.1 Å². The number of likely N-dealkylation sites (N-methyl/N-ethyl adjacent to an activating group) is 1. The van der Waals surface area contributed by atoms with Crippen molar-refractivity contribution in [3.63, 3.8) is 0 Å². The van der Waals surface area contributed by atoms with E-state index < -0.39 is 10.6 Å². The topological polar surface area (TPSA) is 55.6 Å². The van der Waals surface area contributed by atoms with Gasteiger partial charge in [0.15, 0.2) is 5.72 Å². The van der Waals surface area contributed by atoms with Crippen molar-refractivity contribution in [3.05, 3.63) is 38.4 Å². The monoisotopic (exact) mass is 336 g/mol. The van der Waals surface area contributed by atoms with E-state index in [1.165, 1.54) is 11.6 Å². The minimum Gasteiger partial charge on any atom is -0.461 e. The van der Waals surface area contributed by atoms with Gasteiger partial charge in [0, 0.05) is 23.1 Å². The van der Waals surface area contributed by atoms with Crippen molar-refractivity contribution in [2.24, 2.45) is 0 Å². The Balaban J connectivity index is 2.18. The molecule has 0 saturated heterocycles. The van der Waals surface area contributed by atoms with Crippen molar-refractivity contribution in [2.45, 2.75) is 45.3 Å². The van der Waals surface area contributed by atoms with Crippen molar-refractivity contribution >= 4 is 23.4 Å². The molecule has 1 aromatic carbocycles. The Hall–Kier alpha value is -1.59. The Morgan fingerprint density at radius 1 is 1.35 bits per heavy atom. The number of hydrogen-bond donors (Lipinski definition) is 0. The molecule has 1 atom stereocenters. The Kier molecular flexibility index (Phi) is 4.34. The van der Waals surface area contributed by atoms with E-state index in [9.17, 15) is 10.1 Å². The molecule has 2 aliphatic rings. The molecule has 1 aliphatic heterocycles. The molecule has 5 nitrogen and oxygen atoms in total. The summed E-state index contributed by atoms with van der Waals surface area (Å²) in [5.74, 6) is 0.344. The second-order valence-corrected chi connectivity index (χ2v) is 6.47. The zero-order valence-electron chi connectivity index (χ0n) is 13.5. The molecular weight excluding hydrogens is 316 g/mol. The number of rotatable bonds is 4.